The van der Waals surface area contributed by atoms with Gasteiger partial charge in [0.1, 0.15) is 0 Å². The number of carbonyl (C=O) groups excluding carboxylic acids is 1. The Morgan fingerprint density at radius 3 is 2.48 bits per heavy atom. The van der Waals surface area contributed by atoms with Crippen LogP contribution in [0.15, 0.2) is 48.5 Å². The van der Waals surface area contributed by atoms with E-state index in [1.807, 2.05) is 30.0 Å². The molecular formula is C24H30F3N3O. The molecule has 4 nitrogen and oxygen atoms in total. The Morgan fingerprint density at radius 2 is 1.77 bits per heavy atom. The van der Waals surface area contributed by atoms with Crippen LogP contribution >= 0.6 is 0 Å². The maximum absolute atomic E-state index is 12.9. The number of nitrogens with one attached hydrogen (secondary N) is 1. The third-order valence-electron chi connectivity index (χ3n) is 5.61. The fraction of sp³-hybridized carbons (Fsp3) is 0.458. The second-order valence-corrected chi connectivity index (χ2v) is 8.07. The third-order valence-corrected chi connectivity index (χ3v) is 5.61. The standard InChI is InChI=1S/C24H30F3N3O/c1-19-5-2-6-20(17-19)9-10-23(31)28-11-4-12-29-13-15-30(16-14-29)22-8-3-7-21(18-22)24(25,26)27/h2-3,5-8,17-18H,4,9-16H2,1H3,(H,28,31). The van der Waals surface area contributed by atoms with E-state index in [9.17, 15) is 18.0 Å². The molecule has 3 rings (SSSR count). The fourth-order valence-corrected chi connectivity index (χ4v) is 3.85. The predicted molar refractivity (Wildman–Crippen MR) is 117 cm³/mol. The normalized spacial score (nSPS) is 15.2. The molecule has 0 bridgehead atoms. The van der Waals surface area contributed by atoms with E-state index in [0.717, 1.165) is 38.5 Å². The molecule has 0 saturated carbocycles. The Morgan fingerprint density at radius 1 is 1.03 bits per heavy atom. The Labute approximate surface area is 182 Å². The van der Waals surface area contributed by atoms with Gasteiger partial charge in [0.2, 0.25) is 5.91 Å². The lowest BCUT2D eigenvalue weighted by molar-refractivity contribution is -0.137. The minimum Gasteiger partial charge on any atom is -0.369 e. The molecule has 2 aromatic carbocycles. The number of aryl methyl sites for hydroxylation is 2. The first-order chi connectivity index (χ1) is 14.8. The number of hydrogen-bond acceptors (Lipinski definition) is 3. The second kappa shape index (κ2) is 10.7. The van der Waals surface area contributed by atoms with Crippen molar-refractivity contribution in [2.24, 2.45) is 0 Å². The summed E-state index contributed by atoms with van der Waals surface area (Å²) in [5.74, 6) is 0.0656. The molecule has 1 aliphatic rings. The molecule has 31 heavy (non-hydrogen) atoms. The van der Waals surface area contributed by atoms with Crippen molar-refractivity contribution in [1.82, 2.24) is 10.2 Å². The Hall–Kier alpha value is -2.54. The number of halogens is 3. The summed E-state index contributed by atoms with van der Waals surface area (Å²) in [5, 5.41) is 2.98. The predicted octanol–water partition coefficient (Wildman–Crippen LogP) is 4.27. The van der Waals surface area contributed by atoms with Crippen LogP contribution in [-0.4, -0.2) is 50.1 Å². The largest absolute Gasteiger partial charge is 0.416 e. The Balaban J connectivity index is 1.32. The smallest absolute Gasteiger partial charge is 0.369 e. The van der Waals surface area contributed by atoms with Gasteiger partial charge in [-0.3, -0.25) is 9.69 Å². The lowest BCUT2D eigenvalue weighted by atomic mass is 10.1. The van der Waals surface area contributed by atoms with Gasteiger partial charge in [-0.05, 0) is 50.1 Å². The summed E-state index contributed by atoms with van der Waals surface area (Å²) in [6.07, 6.45) is -2.23. The van der Waals surface area contributed by atoms with E-state index < -0.39 is 11.7 Å². The van der Waals surface area contributed by atoms with Crippen LogP contribution in [0.1, 0.15) is 29.5 Å². The summed E-state index contributed by atoms with van der Waals surface area (Å²) < 4.78 is 38.8. The zero-order valence-electron chi connectivity index (χ0n) is 17.9. The monoisotopic (exact) mass is 433 g/mol. The van der Waals surface area contributed by atoms with Gasteiger partial charge >= 0.3 is 6.18 Å². The van der Waals surface area contributed by atoms with Crippen molar-refractivity contribution in [1.29, 1.82) is 0 Å². The molecule has 0 atom stereocenters. The van der Waals surface area contributed by atoms with E-state index in [2.05, 4.69) is 16.3 Å². The van der Waals surface area contributed by atoms with Crippen molar-refractivity contribution in [2.45, 2.75) is 32.4 Å². The first kappa shape index (κ1) is 23.1. The van der Waals surface area contributed by atoms with Crippen LogP contribution in [0.5, 0.6) is 0 Å². The van der Waals surface area contributed by atoms with Crippen LogP contribution in [-0.2, 0) is 17.4 Å². The highest BCUT2D eigenvalue weighted by atomic mass is 19.4. The molecule has 1 aliphatic heterocycles. The zero-order valence-corrected chi connectivity index (χ0v) is 17.9. The summed E-state index contributed by atoms with van der Waals surface area (Å²) in [4.78, 5) is 16.3. The topological polar surface area (TPSA) is 35.6 Å². The fourth-order valence-electron chi connectivity index (χ4n) is 3.85. The number of benzene rings is 2. The van der Waals surface area contributed by atoms with Gasteiger partial charge < -0.3 is 10.2 Å². The van der Waals surface area contributed by atoms with Crippen LogP contribution in [0.2, 0.25) is 0 Å². The average molecular weight is 434 g/mol. The molecule has 0 aliphatic carbocycles. The van der Waals surface area contributed by atoms with Gasteiger partial charge in [0.05, 0.1) is 5.56 Å². The van der Waals surface area contributed by atoms with Gasteiger partial charge in [-0.1, -0.05) is 35.9 Å². The number of anilines is 1. The van der Waals surface area contributed by atoms with Crippen LogP contribution in [0.4, 0.5) is 18.9 Å². The van der Waals surface area contributed by atoms with Crippen LogP contribution < -0.4 is 10.2 Å². The molecule has 1 N–H and O–H groups in total. The second-order valence-electron chi connectivity index (χ2n) is 8.07. The molecule has 0 aromatic heterocycles. The summed E-state index contributed by atoms with van der Waals surface area (Å²) in [7, 11) is 0. The van der Waals surface area contributed by atoms with Crippen molar-refractivity contribution < 1.29 is 18.0 Å². The highest BCUT2D eigenvalue weighted by Crippen LogP contribution is 2.31. The van der Waals surface area contributed by atoms with E-state index in [4.69, 9.17) is 0 Å². The molecule has 168 valence electrons. The molecule has 0 unspecified atom stereocenters. The zero-order chi connectivity index (χ0) is 22.3. The Kier molecular flexibility index (Phi) is 7.96. The van der Waals surface area contributed by atoms with Crippen molar-refractivity contribution in [3.05, 3.63) is 65.2 Å². The molecule has 1 saturated heterocycles. The maximum Gasteiger partial charge on any atom is 0.416 e. The third kappa shape index (κ3) is 7.28. The van der Waals surface area contributed by atoms with Gasteiger partial charge in [-0.25, -0.2) is 0 Å². The minimum atomic E-state index is -4.32. The Bertz CT molecular complexity index is 861. The average Bonchev–Trinajstić information content (AvgIpc) is 2.75. The molecule has 1 amide bonds. The molecule has 2 aromatic rings. The van der Waals surface area contributed by atoms with E-state index in [1.54, 1.807) is 6.07 Å². The highest BCUT2D eigenvalue weighted by Gasteiger charge is 2.31. The van der Waals surface area contributed by atoms with Crippen LogP contribution in [0.25, 0.3) is 0 Å². The van der Waals surface area contributed by atoms with Gasteiger partial charge in [0.25, 0.3) is 0 Å². The summed E-state index contributed by atoms with van der Waals surface area (Å²) in [5.41, 5.74) is 2.39. The van der Waals surface area contributed by atoms with Crippen LogP contribution in [0, 0.1) is 6.92 Å². The molecule has 7 heteroatoms. The van der Waals surface area contributed by atoms with E-state index >= 15 is 0 Å². The van der Waals surface area contributed by atoms with Gasteiger partial charge in [-0.2, -0.15) is 13.2 Å². The maximum atomic E-state index is 12.9. The van der Waals surface area contributed by atoms with Crippen molar-refractivity contribution >= 4 is 11.6 Å². The van der Waals surface area contributed by atoms with Crippen molar-refractivity contribution in [3.8, 4) is 0 Å². The number of hydrogen-bond donors (Lipinski definition) is 1. The minimum absolute atomic E-state index is 0.0656. The SMILES string of the molecule is Cc1cccc(CCC(=O)NCCCN2CCN(c3cccc(C(F)(F)F)c3)CC2)c1. The van der Waals surface area contributed by atoms with E-state index in [1.165, 1.54) is 23.3 Å². The first-order valence-electron chi connectivity index (χ1n) is 10.8. The molecular weight excluding hydrogens is 403 g/mol. The summed E-state index contributed by atoms with van der Waals surface area (Å²) in [6, 6.07) is 13.7. The van der Waals surface area contributed by atoms with Gasteiger partial charge in [0, 0.05) is 44.8 Å². The number of amides is 1. The van der Waals surface area contributed by atoms with E-state index in [0.29, 0.717) is 31.7 Å². The molecule has 1 fully saturated rings. The number of nitrogens with zero attached hydrogens (tertiary/aromatic N) is 2. The molecule has 0 spiro atoms. The van der Waals surface area contributed by atoms with Gasteiger partial charge in [-0.15, -0.1) is 0 Å². The van der Waals surface area contributed by atoms with Crippen molar-refractivity contribution in [3.63, 3.8) is 0 Å². The highest BCUT2D eigenvalue weighted by molar-refractivity contribution is 5.76. The first-order valence-corrected chi connectivity index (χ1v) is 10.8. The van der Waals surface area contributed by atoms with Crippen molar-refractivity contribution in [2.75, 3.05) is 44.2 Å². The lowest BCUT2D eigenvalue weighted by Crippen LogP contribution is -2.47. The molecule has 0 radical (unpaired) electrons. The summed E-state index contributed by atoms with van der Waals surface area (Å²) in [6.45, 7) is 6.56. The molecule has 1 heterocycles. The van der Waals surface area contributed by atoms with Crippen LogP contribution in [0.3, 0.4) is 0 Å². The van der Waals surface area contributed by atoms with E-state index in [-0.39, 0.29) is 5.91 Å². The number of rotatable bonds is 8. The number of piperazine rings is 1. The number of alkyl halides is 3. The van der Waals surface area contributed by atoms with Gasteiger partial charge in [0.15, 0.2) is 0 Å². The number of carbonyl (C=O) groups is 1. The lowest BCUT2D eigenvalue weighted by Gasteiger charge is -2.36. The summed E-state index contributed by atoms with van der Waals surface area (Å²) >= 11 is 0. The quantitative estimate of drug-likeness (QED) is 0.632.